The summed E-state index contributed by atoms with van der Waals surface area (Å²) in [6.07, 6.45) is 15.3. The predicted molar refractivity (Wildman–Crippen MR) is 124 cm³/mol. The molecule has 1 nitrogen and oxygen atoms in total. The van der Waals surface area contributed by atoms with Crippen LogP contribution in [0.15, 0.2) is 23.8 Å². The van der Waals surface area contributed by atoms with Crippen molar-refractivity contribution in [2.75, 3.05) is 0 Å². The van der Waals surface area contributed by atoms with E-state index in [9.17, 15) is 5.11 Å². The van der Waals surface area contributed by atoms with Crippen LogP contribution in [0.3, 0.4) is 0 Å². The average molecular weight is 399 g/mol. The Balaban J connectivity index is 1.50. The van der Waals surface area contributed by atoms with E-state index in [2.05, 4.69) is 47.3 Å². The molecular weight excluding hydrogens is 352 g/mol. The van der Waals surface area contributed by atoms with Crippen LogP contribution in [0.1, 0.15) is 98.8 Å². The molecule has 164 valence electrons. The van der Waals surface area contributed by atoms with Gasteiger partial charge in [0.25, 0.3) is 0 Å². The van der Waals surface area contributed by atoms with Gasteiger partial charge in [-0.1, -0.05) is 58.4 Å². The molecule has 4 rings (SSSR count). The Labute approximate surface area is 180 Å². The van der Waals surface area contributed by atoms with Gasteiger partial charge in [0.2, 0.25) is 0 Å². The van der Waals surface area contributed by atoms with Crippen LogP contribution in [0.2, 0.25) is 0 Å². The summed E-state index contributed by atoms with van der Waals surface area (Å²) in [7, 11) is 0. The molecule has 3 fully saturated rings. The highest BCUT2D eigenvalue weighted by Gasteiger charge is 2.58. The molecule has 0 saturated heterocycles. The molecule has 29 heavy (non-hydrogen) atoms. The second-order valence-corrected chi connectivity index (χ2v) is 12.2. The van der Waals surface area contributed by atoms with Crippen molar-refractivity contribution >= 4 is 0 Å². The Morgan fingerprint density at radius 3 is 2.48 bits per heavy atom. The van der Waals surface area contributed by atoms with Gasteiger partial charge in [0.05, 0.1) is 6.10 Å². The quantitative estimate of drug-likeness (QED) is 0.474. The first-order valence-corrected chi connectivity index (χ1v) is 12.7. The molecule has 0 aliphatic heterocycles. The van der Waals surface area contributed by atoms with Crippen molar-refractivity contribution < 1.29 is 5.11 Å². The lowest BCUT2D eigenvalue weighted by Gasteiger charge is -2.57. The molecule has 3 saturated carbocycles. The fourth-order valence-electron chi connectivity index (χ4n) is 8.37. The minimum Gasteiger partial charge on any atom is -0.393 e. The molecule has 0 amide bonds. The predicted octanol–water partition coefficient (Wildman–Crippen LogP) is 7.55. The lowest BCUT2D eigenvalue weighted by atomic mass is 9.47. The maximum absolute atomic E-state index is 10.2. The molecule has 1 unspecified atom stereocenters. The largest absolute Gasteiger partial charge is 0.393 e. The maximum Gasteiger partial charge on any atom is 0.0543 e. The summed E-state index contributed by atoms with van der Waals surface area (Å²) in [6.45, 7) is 16.7. The number of hydrogen-bond donors (Lipinski definition) is 1. The van der Waals surface area contributed by atoms with E-state index in [1.807, 2.05) is 5.57 Å². The van der Waals surface area contributed by atoms with Gasteiger partial charge >= 0.3 is 0 Å². The van der Waals surface area contributed by atoms with Crippen molar-refractivity contribution in [2.24, 2.45) is 46.3 Å². The number of aliphatic hydroxyl groups is 1. The fraction of sp³-hybridized carbons (Fsp3) is 0.857. The third kappa shape index (κ3) is 3.58. The van der Waals surface area contributed by atoms with Crippen LogP contribution in [-0.2, 0) is 0 Å². The van der Waals surface area contributed by atoms with Crippen LogP contribution in [0, 0.1) is 46.3 Å². The van der Waals surface area contributed by atoms with Gasteiger partial charge in [-0.25, -0.2) is 0 Å². The molecule has 0 heterocycles. The summed E-state index contributed by atoms with van der Waals surface area (Å²) in [5.41, 5.74) is 4.26. The van der Waals surface area contributed by atoms with E-state index in [-0.39, 0.29) is 6.10 Å². The van der Waals surface area contributed by atoms with Crippen molar-refractivity contribution in [1.29, 1.82) is 0 Å². The first-order valence-electron chi connectivity index (χ1n) is 12.7. The second kappa shape index (κ2) is 7.85. The van der Waals surface area contributed by atoms with Gasteiger partial charge in [0.15, 0.2) is 0 Å². The summed E-state index contributed by atoms with van der Waals surface area (Å²) in [5, 5.41) is 10.2. The fourth-order valence-corrected chi connectivity index (χ4v) is 8.37. The third-order valence-electron chi connectivity index (χ3n) is 10.5. The van der Waals surface area contributed by atoms with E-state index in [4.69, 9.17) is 0 Å². The van der Waals surface area contributed by atoms with E-state index >= 15 is 0 Å². The summed E-state index contributed by atoms with van der Waals surface area (Å²) in [4.78, 5) is 0. The van der Waals surface area contributed by atoms with Crippen LogP contribution in [0.4, 0.5) is 0 Å². The molecule has 4 aliphatic rings. The lowest BCUT2D eigenvalue weighted by Crippen LogP contribution is -2.49. The number of rotatable bonds is 5. The zero-order valence-electron chi connectivity index (χ0n) is 19.8. The average Bonchev–Trinajstić information content (AvgIpc) is 3.03. The van der Waals surface area contributed by atoms with Gasteiger partial charge in [-0.15, -0.1) is 0 Å². The van der Waals surface area contributed by atoms with Crippen LogP contribution < -0.4 is 0 Å². The summed E-state index contributed by atoms with van der Waals surface area (Å²) in [5.74, 6) is 4.65. The molecule has 0 radical (unpaired) electrons. The van der Waals surface area contributed by atoms with Crippen LogP contribution >= 0.6 is 0 Å². The smallest absolute Gasteiger partial charge is 0.0543 e. The van der Waals surface area contributed by atoms with Crippen LogP contribution in [0.25, 0.3) is 0 Å². The number of fused-ring (bicyclic) bond motifs is 5. The first-order chi connectivity index (χ1) is 13.7. The molecule has 8 atom stereocenters. The Morgan fingerprint density at radius 2 is 1.76 bits per heavy atom. The van der Waals surface area contributed by atoms with E-state index in [0.29, 0.717) is 22.7 Å². The van der Waals surface area contributed by atoms with Gasteiger partial charge < -0.3 is 5.11 Å². The normalized spacial score (nSPS) is 45.2. The number of aliphatic hydroxyl groups excluding tert-OH is 1. The number of hydrogen-bond acceptors (Lipinski definition) is 1. The van der Waals surface area contributed by atoms with E-state index in [1.165, 1.54) is 56.9 Å². The lowest BCUT2D eigenvalue weighted by molar-refractivity contribution is -0.0427. The molecule has 4 aliphatic carbocycles. The van der Waals surface area contributed by atoms with Gasteiger partial charge in [-0.3, -0.25) is 0 Å². The number of allylic oxidation sites excluding steroid dienone is 3. The zero-order valence-corrected chi connectivity index (χ0v) is 19.8. The molecule has 0 spiro atoms. The molecule has 0 aromatic rings. The van der Waals surface area contributed by atoms with Gasteiger partial charge in [-0.2, -0.15) is 0 Å². The van der Waals surface area contributed by atoms with E-state index in [0.717, 1.165) is 36.5 Å². The molecule has 1 heteroatoms. The van der Waals surface area contributed by atoms with E-state index < -0.39 is 0 Å². The second-order valence-electron chi connectivity index (χ2n) is 12.2. The van der Waals surface area contributed by atoms with E-state index in [1.54, 1.807) is 0 Å². The Morgan fingerprint density at radius 1 is 1.07 bits per heavy atom. The Kier molecular flexibility index (Phi) is 5.86. The minimum atomic E-state index is -0.0471. The molecule has 0 aromatic heterocycles. The zero-order chi connectivity index (χ0) is 21.0. The SMILES string of the molecule is C=C(CC[C@@H](C)[C@H]1CC[C@H]2C3=CCC4C[C@@H](O)CC[C@]4(C)[C@H]3CC[C@]12C)C(C)C. The van der Waals surface area contributed by atoms with Crippen LogP contribution in [0.5, 0.6) is 0 Å². The van der Waals surface area contributed by atoms with Crippen molar-refractivity contribution in [3.05, 3.63) is 23.8 Å². The van der Waals surface area contributed by atoms with Gasteiger partial charge in [0.1, 0.15) is 0 Å². The topological polar surface area (TPSA) is 20.2 Å². The van der Waals surface area contributed by atoms with Gasteiger partial charge in [-0.05, 0) is 111 Å². The highest BCUT2D eigenvalue weighted by molar-refractivity contribution is 5.27. The molecular formula is C28H46O. The van der Waals surface area contributed by atoms with Crippen molar-refractivity contribution in [3.8, 4) is 0 Å². The molecule has 1 N–H and O–H groups in total. The van der Waals surface area contributed by atoms with Crippen molar-refractivity contribution in [1.82, 2.24) is 0 Å². The summed E-state index contributed by atoms with van der Waals surface area (Å²) < 4.78 is 0. The minimum absolute atomic E-state index is 0.0471. The Hall–Kier alpha value is -0.560. The van der Waals surface area contributed by atoms with Crippen molar-refractivity contribution in [3.63, 3.8) is 0 Å². The molecule has 0 aromatic carbocycles. The molecule has 0 bridgehead atoms. The standard InChI is InChI=1S/C28H46O/c1-18(2)19(3)7-8-20(4)24-11-12-25-23-10-9-21-17-22(29)13-15-27(21,5)26(23)14-16-28(24,25)6/h10,18,20-22,24-26,29H,3,7-9,11-17H2,1-2,4-6H3/t20-,21?,22+,24-,25+,26+,27+,28-/m1/s1. The Bertz CT molecular complexity index is 659. The maximum atomic E-state index is 10.2. The van der Waals surface area contributed by atoms with Gasteiger partial charge in [0, 0.05) is 0 Å². The first kappa shape index (κ1) is 21.7. The summed E-state index contributed by atoms with van der Waals surface area (Å²) >= 11 is 0. The third-order valence-corrected chi connectivity index (χ3v) is 10.5. The van der Waals surface area contributed by atoms with Crippen LogP contribution in [-0.4, -0.2) is 11.2 Å². The van der Waals surface area contributed by atoms with Crippen molar-refractivity contribution in [2.45, 2.75) is 105 Å². The monoisotopic (exact) mass is 398 g/mol. The highest BCUT2D eigenvalue weighted by Crippen LogP contribution is 2.66. The highest BCUT2D eigenvalue weighted by atomic mass is 16.3. The summed E-state index contributed by atoms with van der Waals surface area (Å²) in [6, 6.07) is 0.